The third kappa shape index (κ3) is 1.65. The number of rotatable bonds is 3. The van der Waals surface area contributed by atoms with Gasteiger partial charge in [-0.1, -0.05) is 0 Å². The van der Waals surface area contributed by atoms with Gasteiger partial charge in [-0.3, -0.25) is 4.40 Å². The molecule has 0 amide bonds. The number of hydrogen-bond acceptors (Lipinski definition) is 3. The van der Waals surface area contributed by atoms with Crippen LogP contribution in [0.3, 0.4) is 0 Å². The second-order valence-electron chi connectivity index (χ2n) is 2.99. The summed E-state index contributed by atoms with van der Waals surface area (Å²) >= 11 is 3.44. The minimum absolute atomic E-state index is 0.741. The summed E-state index contributed by atoms with van der Waals surface area (Å²) in [6, 6.07) is 1.91. The Morgan fingerprint density at radius 3 is 3.21 bits per heavy atom. The molecule has 0 unspecified atom stereocenters. The van der Waals surface area contributed by atoms with E-state index in [1.807, 2.05) is 23.7 Å². The van der Waals surface area contributed by atoms with Crippen LogP contribution in [0.4, 0.5) is 0 Å². The maximum absolute atomic E-state index is 4.31. The van der Waals surface area contributed by atoms with Crippen LogP contribution < -0.4 is 5.32 Å². The summed E-state index contributed by atoms with van der Waals surface area (Å²) in [5.74, 6) is 0.741. The molecular weight excluding hydrogens is 244 g/mol. The van der Waals surface area contributed by atoms with Crippen LogP contribution in [0.1, 0.15) is 5.69 Å². The Kier molecular flexibility index (Phi) is 2.79. The smallest absolute Gasteiger partial charge is 0.235 e. The van der Waals surface area contributed by atoms with Crippen molar-refractivity contribution in [3.05, 3.63) is 28.8 Å². The van der Waals surface area contributed by atoms with Crippen LogP contribution in [0.5, 0.6) is 0 Å². The van der Waals surface area contributed by atoms with Crippen molar-refractivity contribution < 1.29 is 0 Å². The first-order chi connectivity index (χ1) is 6.83. The van der Waals surface area contributed by atoms with Crippen molar-refractivity contribution in [3.8, 4) is 0 Å². The highest BCUT2D eigenvalue weighted by Crippen LogP contribution is 2.16. The number of hydrogen-bond donors (Lipinski definition) is 1. The Morgan fingerprint density at radius 1 is 1.57 bits per heavy atom. The molecule has 0 bridgehead atoms. The molecule has 0 aliphatic rings. The predicted octanol–water partition coefficient (Wildman–Crippen LogP) is 1.25. The normalized spacial score (nSPS) is 11.0. The number of likely N-dealkylation sites (N-methyl/N-ethyl adjacent to an activating group) is 1. The van der Waals surface area contributed by atoms with Gasteiger partial charge in [0.05, 0.1) is 5.69 Å². The van der Waals surface area contributed by atoms with Crippen LogP contribution in [0, 0.1) is 0 Å². The maximum Gasteiger partial charge on any atom is 0.235 e. The minimum Gasteiger partial charge on any atom is -0.319 e. The molecule has 4 nitrogen and oxygen atoms in total. The van der Waals surface area contributed by atoms with Crippen molar-refractivity contribution >= 4 is 21.7 Å². The molecule has 74 valence electrons. The molecule has 2 aromatic rings. The van der Waals surface area contributed by atoms with Crippen LogP contribution in [0.15, 0.2) is 23.1 Å². The fraction of sp³-hybridized carbons (Fsp3) is 0.333. The highest BCUT2D eigenvalue weighted by Gasteiger charge is 2.08. The van der Waals surface area contributed by atoms with E-state index in [4.69, 9.17) is 0 Å². The molecule has 2 rings (SSSR count). The van der Waals surface area contributed by atoms with Crippen LogP contribution in [-0.2, 0) is 6.42 Å². The third-order valence-electron chi connectivity index (χ3n) is 2.07. The van der Waals surface area contributed by atoms with E-state index in [0.29, 0.717) is 0 Å². The fourth-order valence-electron chi connectivity index (χ4n) is 1.38. The number of halogens is 1. The lowest BCUT2D eigenvalue weighted by Gasteiger charge is -2.00. The SMILES string of the molecule is CNCCc1c(Br)nc2ncccn12. The lowest BCUT2D eigenvalue weighted by molar-refractivity contribution is 0.767. The van der Waals surface area contributed by atoms with Crippen molar-refractivity contribution in [1.82, 2.24) is 19.7 Å². The van der Waals surface area contributed by atoms with Gasteiger partial charge in [-0.25, -0.2) is 9.97 Å². The zero-order valence-corrected chi connectivity index (χ0v) is 9.45. The zero-order valence-electron chi connectivity index (χ0n) is 7.87. The molecular formula is C9H11BrN4. The first kappa shape index (κ1) is 9.61. The molecule has 14 heavy (non-hydrogen) atoms. The Balaban J connectivity index is 2.45. The molecule has 1 N–H and O–H groups in total. The van der Waals surface area contributed by atoms with Crippen molar-refractivity contribution in [3.63, 3.8) is 0 Å². The van der Waals surface area contributed by atoms with Gasteiger partial charge in [0.25, 0.3) is 0 Å². The van der Waals surface area contributed by atoms with E-state index < -0.39 is 0 Å². The van der Waals surface area contributed by atoms with Gasteiger partial charge in [0.15, 0.2) is 0 Å². The molecule has 0 aliphatic carbocycles. The molecule has 0 saturated heterocycles. The van der Waals surface area contributed by atoms with Crippen molar-refractivity contribution in [2.45, 2.75) is 6.42 Å². The zero-order chi connectivity index (χ0) is 9.97. The lowest BCUT2D eigenvalue weighted by atomic mass is 10.3. The molecule has 0 fully saturated rings. The van der Waals surface area contributed by atoms with Gasteiger partial charge in [-0.2, -0.15) is 0 Å². The second-order valence-corrected chi connectivity index (χ2v) is 3.74. The summed E-state index contributed by atoms with van der Waals surface area (Å²) in [5.41, 5.74) is 1.16. The summed E-state index contributed by atoms with van der Waals surface area (Å²) < 4.78 is 2.88. The van der Waals surface area contributed by atoms with E-state index in [1.165, 1.54) is 0 Å². The summed E-state index contributed by atoms with van der Waals surface area (Å²) in [6.45, 7) is 0.932. The van der Waals surface area contributed by atoms with Gasteiger partial charge < -0.3 is 5.32 Å². The molecule has 2 aromatic heterocycles. The first-order valence-corrected chi connectivity index (χ1v) is 5.24. The van der Waals surface area contributed by atoms with Crippen LogP contribution >= 0.6 is 15.9 Å². The Bertz CT molecular complexity index is 437. The second kappa shape index (κ2) is 4.06. The van der Waals surface area contributed by atoms with Crippen molar-refractivity contribution in [2.24, 2.45) is 0 Å². The van der Waals surface area contributed by atoms with E-state index in [9.17, 15) is 0 Å². The van der Waals surface area contributed by atoms with Crippen molar-refractivity contribution in [2.75, 3.05) is 13.6 Å². The van der Waals surface area contributed by atoms with Gasteiger partial charge in [0, 0.05) is 25.4 Å². The van der Waals surface area contributed by atoms with Gasteiger partial charge in [0.1, 0.15) is 4.60 Å². The highest BCUT2D eigenvalue weighted by atomic mass is 79.9. The number of imidazole rings is 1. The number of nitrogens with one attached hydrogen (secondary N) is 1. The van der Waals surface area contributed by atoms with Crippen LogP contribution in [0.2, 0.25) is 0 Å². The third-order valence-corrected chi connectivity index (χ3v) is 2.70. The summed E-state index contributed by atoms with van der Waals surface area (Å²) in [4.78, 5) is 8.48. The quantitative estimate of drug-likeness (QED) is 0.897. The van der Waals surface area contributed by atoms with Crippen LogP contribution in [0.25, 0.3) is 5.78 Å². The molecule has 5 heteroatoms. The van der Waals surface area contributed by atoms with Gasteiger partial charge in [-0.15, -0.1) is 0 Å². The van der Waals surface area contributed by atoms with Gasteiger partial charge >= 0.3 is 0 Å². The molecule has 0 radical (unpaired) electrons. The van der Waals surface area contributed by atoms with E-state index in [0.717, 1.165) is 29.0 Å². The average molecular weight is 255 g/mol. The summed E-state index contributed by atoms with van der Waals surface area (Å²) in [5, 5.41) is 3.12. The number of fused-ring (bicyclic) bond motifs is 1. The monoisotopic (exact) mass is 254 g/mol. The standard InChI is InChI=1S/C9H11BrN4/c1-11-5-3-7-8(10)13-9-12-4-2-6-14(7)9/h2,4,6,11H,3,5H2,1H3. The van der Waals surface area contributed by atoms with Gasteiger partial charge in [-0.05, 0) is 29.0 Å². The molecule has 0 atom stereocenters. The predicted molar refractivity (Wildman–Crippen MR) is 58.3 cm³/mol. The Morgan fingerprint density at radius 2 is 2.43 bits per heavy atom. The van der Waals surface area contributed by atoms with E-state index in [1.54, 1.807) is 6.20 Å². The van der Waals surface area contributed by atoms with Crippen LogP contribution in [-0.4, -0.2) is 28.0 Å². The Labute approximate surface area is 90.5 Å². The molecule has 0 aliphatic heterocycles. The topological polar surface area (TPSA) is 42.2 Å². The first-order valence-electron chi connectivity index (χ1n) is 4.45. The molecule has 0 saturated carbocycles. The van der Waals surface area contributed by atoms with E-state index >= 15 is 0 Å². The number of nitrogens with zero attached hydrogens (tertiary/aromatic N) is 3. The fourth-order valence-corrected chi connectivity index (χ4v) is 1.92. The van der Waals surface area contributed by atoms with E-state index in [-0.39, 0.29) is 0 Å². The van der Waals surface area contributed by atoms with E-state index in [2.05, 4.69) is 31.2 Å². The molecule has 0 spiro atoms. The molecule has 2 heterocycles. The minimum atomic E-state index is 0.741. The lowest BCUT2D eigenvalue weighted by Crippen LogP contribution is -2.11. The number of aromatic nitrogens is 3. The molecule has 0 aromatic carbocycles. The summed E-state index contributed by atoms with van der Waals surface area (Å²) in [7, 11) is 1.94. The van der Waals surface area contributed by atoms with Crippen molar-refractivity contribution in [1.29, 1.82) is 0 Å². The maximum atomic E-state index is 4.31. The highest BCUT2D eigenvalue weighted by molar-refractivity contribution is 9.10. The summed E-state index contributed by atoms with van der Waals surface area (Å²) in [6.07, 6.45) is 4.66. The van der Waals surface area contributed by atoms with Gasteiger partial charge in [0.2, 0.25) is 5.78 Å². The largest absolute Gasteiger partial charge is 0.319 e. The Hall–Kier alpha value is -0.940. The average Bonchev–Trinajstić information content (AvgIpc) is 2.51.